The molecule has 2 aliphatic heterocycles. The van der Waals surface area contributed by atoms with Gasteiger partial charge in [0.1, 0.15) is 5.82 Å². The maximum absolute atomic E-state index is 13.9. The van der Waals surface area contributed by atoms with Crippen molar-refractivity contribution in [2.24, 2.45) is 0 Å². The number of carbonyl (C=O) groups is 3. The summed E-state index contributed by atoms with van der Waals surface area (Å²) in [5.74, 6) is -0.297. The van der Waals surface area contributed by atoms with Crippen LogP contribution in [0.1, 0.15) is 51.6 Å². The molecule has 0 fully saturated rings. The predicted octanol–water partition coefficient (Wildman–Crippen LogP) is 3.56. The van der Waals surface area contributed by atoms with Gasteiger partial charge in [0.15, 0.2) is 0 Å². The second-order valence-corrected chi connectivity index (χ2v) is 7.93. The van der Waals surface area contributed by atoms with Gasteiger partial charge in [-0.25, -0.2) is 4.39 Å². The number of rotatable bonds is 5. The fraction of sp³-hybridized carbons (Fsp3) is 0.286. The fourth-order valence-electron chi connectivity index (χ4n) is 3.64. The highest BCUT2D eigenvalue weighted by molar-refractivity contribution is 7.99. The molecular formula is C21H19FN2O3S. The first-order chi connectivity index (χ1) is 13.6. The molecule has 2 aromatic carbocycles. The highest BCUT2D eigenvalue weighted by Gasteiger charge is 2.34. The van der Waals surface area contributed by atoms with Crippen LogP contribution in [0.2, 0.25) is 0 Å². The van der Waals surface area contributed by atoms with E-state index in [1.807, 2.05) is 6.07 Å². The molecule has 0 spiro atoms. The Balaban J connectivity index is 1.33. The molecule has 2 heterocycles. The highest BCUT2D eigenvalue weighted by Crippen LogP contribution is 2.37. The van der Waals surface area contributed by atoms with Gasteiger partial charge in [-0.3, -0.25) is 19.3 Å². The summed E-state index contributed by atoms with van der Waals surface area (Å²) in [6, 6.07) is 11.4. The van der Waals surface area contributed by atoms with Crippen LogP contribution in [0.4, 0.5) is 4.39 Å². The summed E-state index contributed by atoms with van der Waals surface area (Å²) in [6.45, 7) is 0.200. The third-order valence-corrected chi connectivity index (χ3v) is 6.18. The number of thioether (sulfide) groups is 1. The van der Waals surface area contributed by atoms with Crippen molar-refractivity contribution in [3.63, 3.8) is 0 Å². The maximum Gasteiger partial charge on any atom is 0.261 e. The molecule has 1 N–H and O–H groups in total. The Morgan fingerprint density at radius 3 is 2.54 bits per heavy atom. The molecule has 2 aromatic rings. The van der Waals surface area contributed by atoms with Crippen LogP contribution < -0.4 is 5.32 Å². The molecule has 28 heavy (non-hydrogen) atoms. The minimum Gasteiger partial charge on any atom is -0.349 e. The molecule has 0 saturated carbocycles. The molecular weight excluding hydrogens is 379 g/mol. The lowest BCUT2D eigenvalue weighted by molar-refractivity contribution is -0.122. The molecule has 2 aliphatic rings. The van der Waals surface area contributed by atoms with Gasteiger partial charge in [-0.05, 0) is 36.6 Å². The van der Waals surface area contributed by atoms with Crippen LogP contribution in [-0.2, 0) is 4.79 Å². The fourth-order valence-corrected chi connectivity index (χ4v) is 4.78. The molecule has 0 bridgehead atoms. The van der Waals surface area contributed by atoms with E-state index >= 15 is 0 Å². The molecule has 4 rings (SSSR count). The molecule has 0 radical (unpaired) electrons. The molecule has 0 saturated heterocycles. The van der Waals surface area contributed by atoms with Crippen molar-refractivity contribution in [1.82, 2.24) is 10.2 Å². The second kappa shape index (κ2) is 7.75. The van der Waals surface area contributed by atoms with E-state index in [9.17, 15) is 18.8 Å². The molecule has 5 nitrogen and oxygen atoms in total. The van der Waals surface area contributed by atoms with Crippen LogP contribution in [0.5, 0.6) is 0 Å². The van der Waals surface area contributed by atoms with Crippen molar-refractivity contribution >= 4 is 29.5 Å². The van der Waals surface area contributed by atoms with Gasteiger partial charge >= 0.3 is 0 Å². The topological polar surface area (TPSA) is 66.5 Å². The molecule has 144 valence electrons. The van der Waals surface area contributed by atoms with Gasteiger partial charge < -0.3 is 5.32 Å². The SMILES string of the molecule is O=C(CCCN1C(=O)c2ccccc2C1=O)N[C@H]1CCSc2c(F)cccc21. The number of nitrogens with zero attached hydrogens (tertiary/aromatic N) is 1. The Kier molecular flexibility index (Phi) is 5.17. The van der Waals surface area contributed by atoms with Crippen molar-refractivity contribution < 1.29 is 18.8 Å². The minimum absolute atomic E-state index is 0.163. The number of amides is 3. The van der Waals surface area contributed by atoms with Crippen molar-refractivity contribution in [2.45, 2.75) is 30.2 Å². The van der Waals surface area contributed by atoms with E-state index in [1.54, 1.807) is 30.3 Å². The largest absolute Gasteiger partial charge is 0.349 e. The molecule has 0 unspecified atom stereocenters. The Labute approximate surface area is 166 Å². The van der Waals surface area contributed by atoms with Crippen LogP contribution in [0, 0.1) is 5.82 Å². The predicted molar refractivity (Wildman–Crippen MR) is 104 cm³/mol. The van der Waals surface area contributed by atoms with Crippen LogP contribution >= 0.6 is 11.8 Å². The van der Waals surface area contributed by atoms with E-state index in [1.165, 1.54) is 22.7 Å². The van der Waals surface area contributed by atoms with Crippen LogP contribution in [-0.4, -0.2) is 34.9 Å². The molecule has 3 amide bonds. The van der Waals surface area contributed by atoms with Gasteiger partial charge in [0.2, 0.25) is 5.91 Å². The monoisotopic (exact) mass is 398 g/mol. The number of halogens is 1. The highest BCUT2D eigenvalue weighted by atomic mass is 32.2. The molecule has 0 aromatic heterocycles. The zero-order valence-corrected chi connectivity index (χ0v) is 15.9. The Hall–Kier alpha value is -2.67. The number of carbonyl (C=O) groups excluding carboxylic acids is 3. The maximum atomic E-state index is 13.9. The normalized spacial score (nSPS) is 18.0. The Morgan fingerprint density at radius 2 is 1.82 bits per heavy atom. The number of hydrogen-bond acceptors (Lipinski definition) is 4. The third-order valence-electron chi connectivity index (χ3n) is 5.02. The average Bonchev–Trinajstić information content (AvgIpc) is 2.94. The molecule has 7 heteroatoms. The van der Waals surface area contributed by atoms with E-state index in [2.05, 4.69) is 5.32 Å². The summed E-state index contributed by atoms with van der Waals surface area (Å²) in [5.41, 5.74) is 1.63. The number of fused-ring (bicyclic) bond motifs is 2. The van der Waals surface area contributed by atoms with Gasteiger partial charge in [0.05, 0.1) is 17.2 Å². The van der Waals surface area contributed by atoms with Crippen molar-refractivity contribution in [3.05, 3.63) is 65.0 Å². The van der Waals surface area contributed by atoms with E-state index in [4.69, 9.17) is 0 Å². The minimum atomic E-state index is -0.310. The van der Waals surface area contributed by atoms with Gasteiger partial charge in [-0.15, -0.1) is 11.8 Å². The van der Waals surface area contributed by atoms with E-state index in [0.717, 1.165) is 17.7 Å². The van der Waals surface area contributed by atoms with Crippen LogP contribution in [0.15, 0.2) is 47.4 Å². The van der Waals surface area contributed by atoms with E-state index in [-0.39, 0.29) is 42.5 Å². The lowest BCUT2D eigenvalue weighted by Crippen LogP contribution is -2.33. The smallest absolute Gasteiger partial charge is 0.261 e. The number of benzene rings is 2. The van der Waals surface area contributed by atoms with Gasteiger partial charge in [-0.1, -0.05) is 24.3 Å². The first-order valence-electron chi connectivity index (χ1n) is 9.22. The van der Waals surface area contributed by atoms with E-state index in [0.29, 0.717) is 22.4 Å². The summed E-state index contributed by atoms with van der Waals surface area (Å²) < 4.78 is 13.9. The molecule has 1 atom stereocenters. The van der Waals surface area contributed by atoms with Crippen LogP contribution in [0.3, 0.4) is 0 Å². The number of imide groups is 1. The first-order valence-corrected chi connectivity index (χ1v) is 10.2. The number of hydrogen-bond donors (Lipinski definition) is 1. The summed E-state index contributed by atoms with van der Waals surface area (Å²) >= 11 is 1.47. The van der Waals surface area contributed by atoms with Crippen molar-refractivity contribution in [3.8, 4) is 0 Å². The van der Waals surface area contributed by atoms with E-state index < -0.39 is 0 Å². The standard InChI is InChI=1S/C21H19FN2O3S/c22-16-8-3-7-15-17(10-12-28-19(15)16)23-18(25)9-4-11-24-20(26)13-5-1-2-6-14(13)21(24)27/h1-3,5-8,17H,4,9-12H2,(H,23,25)/t17-/m0/s1. The van der Waals surface area contributed by atoms with Crippen LogP contribution in [0.25, 0.3) is 0 Å². The lowest BCUT2D eigenvalue weighted by Gasteiger charge is -2.26. The Bertz CT molecular complexity index is 927. The summed E-state index contributed by atoms with van der Waals surface area (Å²) in [5, 5.41) is 2.96. The van der Waals surface area contributed by atoms with Gasteiger partial charge in [0.25, 0.3) is 11.8 Å². The second-order valence-electron chi connectivity index (χ2n) is 6.83. The summed E-state index contributed by atoms with van der Waals surface area (Å²) in [6.07, 6.45) is 1.32. The summed E-state index contributed by atoms with van der Waals surface area (Å²) in [7, 11) is 0. The van der Waals surface area contributed by atoms with Crippen molar-refractivity contribution in [2.75, 3.05) is 12.3 Å². The molecule has 0 aliphatic carbocycles. The zero-order chi connectivity index (χ0) is 19.7. The first kappa shape index (κ1) is 18.7. The van der Waals surface area contributed by atoms with Gasteiger partial charge in [0, 0.05) is 23.6 Å². The number of nitrogens with one attached hydrogen (secondary N) is 1. The third kappa shape index (κ3) is 3.42. The summed E-state index contributed by atoms with van der Waals surface area (Å²) in [4.78, 5) is 38.8. The lowest BCUT2D eigenvalue weighted by atomic mass is 10.0. The van der Waals surface area contributed by atoms with Gasteiger partial charge in [-0.2, -0.15) is 0 Å². The van der Waals surface area contributed by atoms with Crippen molar-refractivity contribution in [1.29, 1.82) is 0 Å². The average molecular weight is 398 g/mol. The Morgan fingerprint density at radius 1 is 1.11 bits per heavy atom. The quantitative estimate of drug-likeness (QED) is 0.782. The zero-order valence-electron chi connectivity index (χ0n) is 15.1.